The second kappa shape index (κ2) is 6.47. The highest BCUT2D eigenvalue weighted by Crippen LogP contribution is 2.29. The fourth-order valence-corrected chi connectivity index (χ4v) is 3.30. The Bertz CT molecular complexity index is 747. The van der Waals surface area contributed by atoms with Crippen LogP contribution in [0.4, 0.5) is 0 Å². The van der Waals surface area contributed by atoms with Crippen LogP contribution >= 0.6 is 0 Å². The molecule has 2 N–H and O–H groups in total. The van der Waals surface area contributed by atoms with Crippen molar-refractivity contribution in [2.45, 2.75) is 44.6 Å². The monoisotopic (exact) mass is 327 g/mol. The maximum Gasteiger partial charge on any atom is 0.329 e. The van der Waals surface area contributed by atoms with Gasteiger partial charge in [0.05, 0.1) is 5.69 Å². The Morgan fingerprint density at radius 1 is 1.25 bits per heavy atom. The summed E-state index contributed by atoms with van der Waals surface area (Å²) >= 11 is 0. The minimum atomic E-state index is -1.14. The highest BCUT2D eigenvalue weighted by molar-refractivity contribution is 5.98. The first-order chi connectivity index (χ1) is 11.5. The van der Waals surface area contributed by atoms with E-state index < -0.39 is 11.5 Å². The molecule has 0 radical (unpaired) electrons. The van der Waals surface area contributed by atoms with Gasteiger partial charge >= 0.3 is 5.97 Å². The second-order valence-corrected chi connectivity index (χ2v) is 6.35. The molecule has 1 aliphatic carbocycles. The van der Waals surface area contributed by atoms with Crippen molar-refractivity contribution in [3.05, 3.63) is 47.8 Å². The van der Waals surface area contributed by atoms with Crippen LogP contribution in [0.1, 0.15) is 48.0 Å². The number of rotatable bonds is 4. The smallest absolute Gasteiger partial charge is 0.329 e. The molecule has 0 spiro atoms. The van der Waals surface area contributed by atoms with Crippen molar-refractivity contribution in [2.24, 2.45) is 0 Å². The molecular weight excluding hydrogens is 306 g/mol. The SMILES string of the molecule is Cc1cc(C(=O)NC2(C(=O)O)CCCCC2)ccc1-n1cccn1. The summed E-state index contributed by atoms with van der Waals surface area (Å²) in [5, 5.41) is 16.5. The lowest BCUT2D eigenvalue weighted by atomic mass is 9.81. The molecule has 2 aromatic rings. The second-order valence-electron chi connectivity index (χ2n) is 6.35. The molecule has 1 amide bonds. The molecular formula is C18H21N3O3. The largest absolute Gasteiger partial charge is 0.480 e. The summed E-state index contributed by atoms with van der Waals surface area (Å²) in [5.41, 5.74) is 1.13. The third-order valence-corrected chi connectivity index (χ3v) is 4.68. The molecule has 0 saturated heterocycles. The molecule has 6 heteroatoms. The van der Waals surface area contributed by atoms with E-state index in [9.17, 15) is 14.7 Å². The standard InChI is InChI=1S/C18H21N3O3/c1-13-12-14(6-7-15(13)21-11-5-10-19-21)16(22)20-18(17(23)24)8-3-2-4-9-18/h5-7,10-12H,2-4,8-9H2,1H3,(H,20,22)(H,23,24). The number of aliphatic carboxylic acids is 1. The third-order valence-electron chi connectivity index (χ3n) is 4.68. The van der Waals surface area contributed by atoms with E-state index in [1.54, 1.807) is 23.0 Å². The Labute approximate surface area is 140 Å². The summed E-state index contributed by atoms with van der Waals surface area (Å²) in [5.74, 6) is -1.28. The van der Waals surface area contributed by atoms with E-state index in [0.717, 1.165) is 30.5 Å². The van der Waals surface area contributed by atoms with Crippen LogP contribution in [-0.4, -0.2) is 32.3 Å². The molecule has 1 aromatic carbocycles. The Morgan fingerprint density at radius 3 is 2.58 bits per heavy atom. The van der Waals surface area contributed by atoms with Gasteiger partial charge in [0.2, 0.25) is 0 Å². The number of benzene rings is 1. The zero-order valence-electron chi connectivity index (χ0n) is 13.7. The first-order valence-electron chi connectivity index (χ1n) is 8.18. The van der Waals surface area contributed by atoms with Gasteiger partial charge in [-0.1, -0.05) is 19.3 Å². The number of carboxylic acids is 1. The van der Waals surface area contributed by atoms with Gasteiger partial charge in [0, 0.05) is 18.0 Å². The van der Waals surface area contributed by atoms with Crippen molar-refractivity contribution in [1.82, 2.24) is 15.1 Å². The molecule has 24 heavy (non-hydrogen) atoms. The number of hydrogen-bond acceptors (Lipinski definition) is 3. The first-order valence-corrected chi connectivity index (χ1v) is 8.18. The van der Waals surface area contributed by atoms with Gasteiger partial charge in [-0.2, -0.15) is 5.10 Å². The fraction of sp³-hybridized carbons (Fsp3) is 0.389. The van der Waals surface area contributed by atoms with Crippen molar-refractivity contribution >= 4 is 11.9 Å². The summed E-state index contributed by atoms with van der Waals surface area (Å²) in [6, 6.07) is 7.13. The maximum absolute atomic E-state index is 12.6. The summed E-state index contributed by atoms with van der Waals surface area (Å²) in [4.78, 5) is 24.3. The van der Waals surface area contributed by atoms with Crippen molar-refractivity contribution in [2.75, 3.05) is 0 Å². The number of amides is 1. The number of aryl methyl sites for hydroxylation is 1. The zero-order chi connectivity index (χ0) is 17.2. The summed E-state index contributed by atoms with van der Waals surface area (Å²) in [6.45, 7) is 1.90. The van der Waals surface area contributed by atoms with Crippen LogP contribution in [0, 0.1) is 6.92 Å². The lowest BCUT2D eigenvalue weighted by Crippen LogP contribution is -2.55. The van der Waals surface area contributed by atoms with Gasteiger partial charge < -0.3 is 10.4 Å². The van der Waals surface area contributed by atoms with Crippen LogP contribution in [0.15, 0.2) is 36.7 Å². The van der Waals surface area contributed by atoms with Crippen molar-refractivity contribution < 1.29 is 14.7 Å². The number of nitrogens with one attached hydrogen (secondary N) is 1. The number of aromatic nitrogens is 2. The molecule has 0 unspecified atom stereocenters. The van der Waals surface area contributed by atoms with Crippen LogP contribution in [-0.2, 0) is 4.79 Å². The first kappa shape index (κ1) is 16.2. The van der Waals surface area contributed by atoms with E-state index in [1.165, 1.54) is 0 Å². The molecule has 1 fully saturated rings. The lowest BCUT2D eigenvalue weighted by molar-refractivity contribution is -0.145. The van der Waals surface area contributed by atoms with Crippen LogP contribution in [0.3, 0.4) is 0 Å². The topological polar surface area (TPSA) is 84.2 Å². The maximum atomic E-state index is 12.6. The predicted octanol–water partition coefficient (Wildman–Crippen LogP) is 2.70. The highest BCUT2D eigenvalue weighted by atomic mass is 16.4. The van der Waals surface area contributed by atoms with Gasteiger partial charge in [-0.25, -0.2) is 9.48 Å². The summed E-state index contributed by atoms with van der Waals surface area (Å²) in [7, 11) is 0. The minimum absolute atomic E-state index is 0.339. The molecule has 1 heterocycles. The lowest BCUT2D eigenvalue weighted by Gasteiger charge is -2.34. The van der Waals surface area contributed by atoms with Gasteiger partial charge in [0.25, 0.3) is 5.91 Å². The number of carbonyl (C=O) groups is 2. The molecule has 1 aromatic heterocycles. The van der Waals surface area contributed by atoms with Gasteiger partial charge in [-0.05, 0) is 49.6 Å². The molecule has 1 saturated carbocycles. The van der Waals surface area contributed by atoms with Gasteiger partial charge in [-0.3, -0.25) is 4.79 Å². The average Bonchev–Trinajstić information content (AvgIpc) is 3.09. The third kappa shape index (κ3) is 3.04. The number of nitrogens with zero attached hydrogens (tertiary/aromatic N) is 2. The van der Waals surface area contributed by atoms with Crippen molar-refractivity contribution in [3.8, 4) is 5.69 Å². The van der Waals surface area contributed by atoms with Gasteiger partial charge in [0.15, 0.2) is 0 Å². The highest BCUT2D eigenvalue weighted by Gasteiger charge is 2.41. The number of carbonyl (C=O) groups excluding carboxylic acids is 1. The van der Waals surface area contributed by atoms with Crippen LogP contribution in [0.25, 0.3) is 5.69 Å². The number of carboxylic acid groups (broad SMARTS) is 1. The summed E-state index contributed by atoms with van der Waals surface area (Å²) in [6.07, 6.45) is 7.16. The summed E-state index contributed by atoms with van der Waals surface area (Å²) < 4.78 is 1.73. The van der Waals surface area contributed by atoms with Crippen LogP contribution in [0.5, 0.6) is 0 Å². The van der Waals surface area contributed by atoms with Gasteiger partial charge in [-0.15, -0.1) is 0 Å². The van der Waals surface area contributed by atoms with E-state index in [2.05, 4.69) is 10.4 Å². The van der Waals surface area contributed by atoms with Crippen LogP contribution in [0.2, 0.25) is 0 Å². The van der Waals surface area contributed by atoms with Crippen molar-refractivity contribution in [3.63, 3.8) is 0 Å². The molecule has 3 rings (SSSR count). The average molecular weight is 327 g/mol. The van der Waals surface area contributed by atoms with E-state index in [1.807, 2.05) is 25.3 Å². The molecule has 126 valence electrons. The number of hydrogen-bond donors (Lipinski definition) is 2. The fourth-order valence-electron chi connectivity index (χ4n) is 3.30. The van der Waals surface area contributed by atoms with E-state index in [0.29, 0.717) is 18.4 Å². The Balaban J connectivity index is 1.82. The van der Waals surface area contributed by atoms with E-state index in [-0.39, 0.29) is 5.91 Å². The quantitative estimate of drug-likeness (QED) is 0.904. The molecule has 0 bridgehead atoms. The minimum Gasteiger partial charge on any atom is -0.480 e. The Hall–Kier alpha value is -2.63. The Morgan fingerprint density at radius 2 is 2.00 bits per heavy atom. The molecule has 6 nitrogen and oxygen atoms in total. The van der Waals surface area contributed by atoms with E-state index >= 15 is 0 Å². The zero-order valence-corrected chi connectivity index (χ0v) is 13.7. The van der Waals surface area contributed by atoms with Gasteiger partial charge in [0.1, 0.15) is 5.54 Å². The molecule has 1 aliphatic rings. The molecule has 0 aliphatic heterocycles. The van der Waals surface area contributed by atoms with Crippen molar-refractivity contribution in [1.29, 1.82) is 0 Å². The van der Waals surface area contributed by atoms with Crippen LogP contribution < -0.4 is 5.32 Å². The molecule has 0 atom stereocenters. The van der Waals surface area contributed by atoms with E-state index in [4.69, 9.17) is 0 Å². The Kier molecular flexibility index (Phi) is 4.38. The normalized spacial score (nSPS) is 16.5. The predicted molar refractivity (Wildman–Crippen MR) is 89.2 cm³/mol.